The van der Waals surface area contributed by atoms with Gasteiger partial charge in [-0.2, -0.15) is 0 Å². The Balaban J connectivity index is 2.17. The molecule has 0 aliphatic heterocycles. The second-order valence-corrected chi connectivity index (χ2v) is 4.00. The van der Waals surface area contributed by atoms with Crippen molar-refractivity contribution in [1.29, 1.82) is 0 Å². The molecule has 1 unspecified atom stereocenters. The molecule has 16 heavy (non-hydrogen) atoms. The van der Waals surface area contributed by atoms with Gasteiger partial charge in [0, 0.05) is 30.9 Å². The molecule has 1 aromatic carbocycles. The molecule has 2 N–H and O–H groups in total. The summed E-state index contributed by atoms with van der Waals surface area (Å²) in [5.74, 6) is 0. The summed E-state index contributed by atoms with van der Waals surface area (Å²) >= 11 is 0. The van der Waals surface area contributed by atoms with Crippen molar-refractivity contribution in [3.8, 4) is 0 Å². The standard InChI is InChI=1S/C13H16N2O/c1-10(16)6-14-8-12-9-15-7-11-4-2-3-5-13(11)12/h2-5,7,9-10,14,16H,6,8H2,1H3. The number of rotatable bonds is 4. The van der Waals surface area contributed by atoms with E-state index < -0.39 is 0 Å². The summed E-state index contributed by atoms with van der Waals surface area (Å²) in [6.45, 7) is 3.11. The SMILES string of the molecule is CC(O)CNCc1cncc2ccccc12. The summed E-state index contributed by atoms with van der Waals surface area (Å²) in [5, 5.41) is 14.7. The van der Waals surface area contributed by atoms with Crippen LogP contribution >= 0.6 is 0 Å². The highest BCUT2D eigenvalue weighted by molar-refractivity contribution is 5.84. The zero-order valence-electron chi connectivity index (χ0n) is 9.35. The first kappa shape index (κ1) is 11.0. The maximum atomic E-state index is 9.17. The number of hydrogen-bond acceptors (Lipinski definition) is 3. The lowest BCUT2D eigenvalue weighted by Crippen LogP contribution is -2.23. The molecular weight excluding hydrogens is 200 g/mol. The second kappa shape index (κ2) is 5.05. The summed E-state index contributed by atoms with van der Waals surface area (Å²) in [7, 11) is 0. The monoisotopic (exact) mass is 216 g/mol. The van der Waals surface area contributed by atoms with Crippen LogP contribution in [0.2, 0.25) is 0 Å². The lowest BCUT2D eigenvalue weighted by Gasteiger charge is -2.08. The smallest absolute Gasteiger partial charge is 0.0636 e. The summed E-state index contributed by atoms with van der Waals surface area (Å²) in [5.41, 5.74) is 1.17. The number of aliphatic hydroxyl groups is 1. The largest absolute Gasteiger partial charge is 0.392 e. The molecule has 0 spiro atoms. The topological polar surface area (TPSA) is 45.1 Å². The van der Waals surface area contributed by atoms with Crippen molar-refractivity contribution in [2.45, 2.75) is 19.6 Å². The van der Waals surface area contributed by atoms with Crippen LogP contribution in [-0.4, -0.2) is 22.7 Å². The molecule has 84 valence electrons. The number of fused-ring (bicyclic) bond motifs is 1. The lowest BCUT2D eigenvalue weighted by atomic mass is 10.1. The third-order valence-corrected chi connectivity index (χ3v) is 2.51. The highest BCUT2D eigenvalue weighted by Crippen LogP contribution is 2.16. The minimum absolute atomic E-state index is 0.317. The maximum absolute atomic E-state index is 9.17. The Bertz CT molecular complexity index is 463. The Hall–Kier alpha value is -1.45. The van der Waals surface area contributed by atoms with Crippen LogP contribution in [0, 0.1) is 0 Å². The number of pyridine rings is 1. The van der Waals surface area contributed by atoms with Gasteiger partial charge in [0.1, 0.15) is 0 Å². The average Bonchev–Trinajstić information content (AvgIpc) is 2.29. The Morgan fingerprint density at radius 2 is 2.12 bits per heavy atom. The van der Waals surface area contributed by atoms with Crippen LogP contribution in [0.3, 0.4) is 0 Å². The van der Waals surface area contributed by atoms with E-state index in [2.05, 4.69) is 22.4 Å². The third-order valence-electron chi connectivity index (χ3n) is 2.51. The van der Waals surface area contributed by atoms with E-state index >= 15 is 0 Å². The van der Waals surface area contributed by atoms with Gasteiger partial charge in [-0.15, -0.1) is 0 Å². The highest BCUT2D eigenvalue weighted by Gasteiger charge is 2.01. The molecule has 2 rings (SSSR count). The number of aliphatic hydroxyl groups excluding tert-OH is 1. The fraction of sp³-hybridized carbons (Fsp3) is 0.308. The van der Waals surface area contributed by atoms with E-state index in [1.165, 1.54) is 10.9 Å². The molecule has 0 aliphatic carbocycles. The van der Waals surface area contributed by atoms with Crippen molar-refractivity contribution in [3.05, 3.63) is 42.2 Å². The molecule has 0 saturated heterocycles. The van der Waals surface area contributed by atoms with Crippen molar-refractivity contribution < 1.29 is 5.11 Å². The van der Waals surface area contributed by atoms with Gasteiger partial charge in [-0.3, -0.25) is 4.98 Å². The Kier molecular flexibility index (Phi) is 3.49. The van der Waals surface area contributed by atoms with E-state index in [0.29, 0.717) is 6.54 Å². The van der Waals surface area contributed by atoms with E-state index in [1.807, 2.05) is 24.5 Å². The minimum Gasteiger partial charge on any atom is -0.392 e. The predicted molar refractivity (Wildman–Crippen MR) is 65.1 cm³/mol. The van der Waals surface area contributed by atoms with Crippen molar-refractivity contribution in [2.75, 3.05) is 6.54 Å². The van der Waals surface area contributed by atoms with Gasteiger partial charge in [0.2, 0.25) is 0 Å². The van der Waals surface area contributed by atoms with Gasteiger partial charge in [-0.25, -0.2) is 0 Å². The first-order valence-corrected chi connectivity index (χ1v) is 5.48. The van der Waals surface area contributed by atoms with Gasteiger partial charge in [0.25, 0.3) is 0 Å². The zero-order valence-corrected chi connectivity index (χ0v) is 9.35. The first-order chi connectivity index (χ1) is 7.77. The van der Waals surface area contributed by atoms with Crippen LogP contribution < -0.4 is 5.32 Å². The van der Waals surface area contributed by atoms with Gasteiger partial charge in [0.15, 0.2) is 0 Å². The van der Waals surface area contributed by atoms with Gasteiger partial charge in [-0.05, 0) is 17.9 Å². The minimum atomic E-state index is -0.317. The van der Waals surface area contributed by atoms with E-state index in [1.54, 1.807) is 6.92 Å². The number of nitrogens with zero attached hydrogens (tertiary/aromatic N) is 1. The molecule has 3 heteroatoms. The Morgan fingerprint density at radius 1 is 1.31 bits per heavy atom. The molecule has 3 nitrogen and oxygen atoms in total. The highest BCUT2D eigenvalue weighted by atomic mass is 16.3. The summed E-state index contributed by atoms with van der Waals surface area (Å²) < 4.78 is 0. The number of nitrogens with one attached hydrogen (secondary N) is 1. The Morgan fingerprint density at radius 3 is 2.94 bits per heavy atom. The fourth-order valence-corrected chi connectivity index (χ4v) is 1.74. The number of aromatic nitrogens is 1. The quantitative estimate of drug-likeness (QED) is 0.817. The molecule has 1 heterocycles. The summed E-state index contributed by atoms with van der Waals surface area (Å²) in [6.07, 6.45) is 3.42. The van der Waals surface area contributed by atoms with E-state index in [9.17, 15) is 0 Å². The third kappa shape index (κ3) is 2.56. The van der Waals surface area contributed by atoms with Gasteiger partial charge < -0.3 is 10.4 Å². The van der Waals surface area contributed by atoms with Crippen LogP contribution in [0.15, 0.2) is 36.7 Å². The summed E-state index contributed by atoms with van der Waals surface area (Å²) in [6, 6.07) is 8.19. The first-order valence-electron chi connectivity index (χ1n) is 5.48. The van der Waals surface area contributed by atoms with E-state index in [-0.39, 0.29) is 6.10 Å². The van der Waals surface area contributed by atoms with E-state index in [4.69, 9.17) is 5.11 Å². The van der Waals surface area contributed by atoms with Crippen LogP contribution in [-0.2, 0) is 6.54 Å². The molecule has 0 fully saturated rings. The molecule has 1 aromatic heterocycles. The van der Waals surface area contributed by atoms with Crippen molar-refractivity contribution in [1.82, 2.24) is 10.3 Å². The summed E-state index contributed by atoms with van der Waals surface area (Å²) in [4.78, 5) is 4.21. The molecule has 0 amide bonds. The molecule has 0 aliphatic rings. The number of hydrogen-bond donors (Lipinski definition) is 2. The Labute approximate surface area is 95.1 Å². The lowest BCUT2D eigenvalue weighted by molar-refractivity contribution is 0.191. The fourth-order valence-electron chi connectivity index (χ4n) is 1.74. The molecule has 1 atom stereocenters. The normalized spacial score (nSPS) is 12.9. The molecule has 2 aromatic rings. The van der Waals surface area contributed by atoms with Gasteiger partial charge in [0.05, 0.1) is 6.10 Å². The van der Waals surface area contributed by atoms with Crippen LogP contribution in [0.4, 0.5) is 0 Å². The molecule has 0 saturated carbocycles. The zero-order chi connectivity index (χ0) is 11.4. The van der Waals surface area contributed by atoms with Crippen LogP contribution in [0.5, 0.6) is 0 Å². The van der Waals surface area contributed by atoms with E-state index in [0.717, 1.165) is 11.9 Å². The second-order valence-electron chi connectivity index (χ2n) is 4.00. The molecule has 0 bridgehead atoms. The van der Waals surface area contributed by atoms with Crippen molar-refractivity contribution in [2.24, 2.45) is 0 Å². The van der Waals surface area contributed by atoms with Gasteiger partial charge >= 0.3 is 0 Å². The van der Waals surface area contributed by atoms with Crippen molar-refractivity contribution >= 4 is 10.8 Å². The average molecular weight is 216 g/mol. The van der Waals surface area contributed by atoms with Crippen LogP contribution in [0.25, 0.3) is 10.8 Å². The van der Waals surface area contributed by atoms with Crippen molar-refractivity contribution in [3.63, 3.8) is 0 Å². The molecule has 0 radical (unpaired) electrons. The predicted octanol–water partition coefficient (Wildman–Crippen LogP) is 1.71. The van der Waals surface area contributed by atoms with Crippen LogP contribution in [0.1, 0.15) is 12.5 Å². The number of benzene rings is 1. The maximum Gasteiger partial charge on any atom is 0.0636 e. The van der Waals surface area contributed by atoms with Gasteiger partial charge in [-0.1, -0.05) is 24.3 Å². The molecular formula is C13H16N2O.